The quantitative estimate of drug-likeness (QED) is 0.871. The van der Waals surface area contributed by atoms with Gasteiger partial charge in [0, 0.05) is 5.56 Å². The maximum Gasteiger partial charge on any atom is 0.279 e. The molecule has 0 aliphatic heterocycles. The highest BCUT2D eigenvalue weighted by Crippen LogP contribution is 2.22. The normalized spacial score (nSPS) is 12.0. The summed E-state index contributed by atoms with van der Waals surface area (Å²) in [6.07, 6.45) is 0. The summed E-state index contributed by atoms with van der Waals surface area (Å²) in [7, 11) is 1.85. The van der Waals surface area contributed by atoms with E-state index in [4.69, 9.17) is 11.6 Å². The van der Waals surface area contributed by atoms with E-state index >= 15 is 0 Å². The molecule has 0 spiro atoms. The first-order chi connectivity index (χ1) is 10.5. The van der Waals surface area contributed by atoms with Gasteiger partial charge in [0.2, 0.25) is 0 Å². The van der Waals surface area contributed by atoms with Crippen LogP contribution in [0.5, 0.6) is 0 Å². The Morgan fingerprint density at radius 3 is 2.68 bits per heavy atom. The Bertz CT molecular complexity index is 675. The van der Waals surface area contributed by atoms with Crippen molar-refractivity contribution in [2.24, 2.45) is 0 Å². The van der Waals surface area contributed by atoms with E-state index in [1.807, 2.05) is 20.0 Å². The lowest BCUT2D eigenvalue weighted by Gasteiger charge is -2.15. The number of carbonyl (C=O) groups excluding carboxylic acids is 1. The second-order valence-corrected chi connectivity index (χ2v) is 5.84. The number of carbonyl (C=O) groups is 1. The smallest absolute Gasteiger partial charge is 0.279 e. The third kappa shape index (κ3) is 4.55. The van der Waals surface area contributed by atoms with Crippen molar-refractivity contribution in [1.82, 2.24) is 0 Å². The SMILES string of the molecule is Cc1ccc(NC(=O)C[NH+](C)Cc2ccccc2F)c(Cl)c1. The highest BCUT2D eigenvalue weighted by Gasteiger charge is 2.14. The number of halogens is 2. The van der Waals surface area contributed by atoms with Gasteiger partial charge in [-0.1, -0.05) is 35.9 Å². The number of rotatable bonds is 5. The van der Waals surface area contributed by atoms with Crippen LogP contribution in [0.25, 0.3) is 0 Å². The van der Waals surface area contributed by atoms with Crippen molar-refractivity contribution in [1.29, 1.82) is 0 Å². The Labute approximate surface area is 134 Å². The number of hydrogen-bond donors (Lipinski definition) is 2. The molecule has 1 unspecified atom stereocenters. The van der Waals surface area contributed by atoms with Crippen LogP contribution < -0.4 is 10.2 Å². The van der Waals surface area contributed by atoms with Crippen molar-refractivity contribution in [3.63, 3.8) is 0 Å². The van der Waals surface area contributed by atoms with Crippen LogP contribution in [-0.4, -0.2) is 19.5 Å². The maximum absolute atomic E-state index is 13.6. The number of amides is 1. The van der Waals surface area contributed by atoms with Crippen LogP contribution in [0.3, 0.4) is 0 Å². The first-order valence-corrected chi connectivity index (χ1v) is 7.44. The van der Waals surface area contributed by atoms with Crippen LogP contribution in [0.4, 0.5) is 10.1 Å². The lowest BCUT2D eigenvalue weighted by atomic mass is 10.2. The summed E-state index contributed by atoms with van der Waals surface area (Å²) in [6.45, 7) is 2.62. The van der Waals surface area contributed by atoms with E-state index in [0.717, 1.165) is 10.5 Å². The number of quaternary nitrogens is 1. The molecule has 0 aliphatic carbocycles. The van der Waals surface area contributed by atoms with E-state index in [-0.39, 0.29) is 18.3 Å². The second kappa shape index (κ2) is 7.38. The molecule has 0 radical (unpaired) electrons. The Morgan fingerprint density at radius 2 is 2.00 bits per heavy atom. The van der Waals surface area contributed by atoms with Gasteiger partial charge in [0.25, 0.3) is 5.91 Å². The standard InChI is InChI=1S/C17H18ClFN2O/c1-12-7-8-16(14(18)9-12)20-17(22)11-21(2)10-13-5-3-4-6-15(13)19/h3-9H,10-11H2,1-2H3,(H,20,22)/p+1. The molecule has 0 bridgehead atoms. The van der Waals surface area contributed by atoms with E-state index < -0.39 is 0 Å². The topological polar surface area (TPSA) is 33.5 Å². The summed E-state index contributed by atoms with van der Waals surface area (Å²) < 4.78 is 13.6. The van der Waals surface area contributed by atoms with Crippen LogP contribution in [0.15, 0.2) is 42.5 Å². The van der Waals surface area contributed by atoms with E-state index in [1.165, 1.54) is 6.07 Å². The molecule has 0 saturated carbocycles. The van der Waals surface area contributed by atoms with Crippen LogP contribution in [0.2, 0.25) is 5.02 Å². The molecule has 3 nitrogen and oxygen atoms in total. The molecule has 0 aliphatic rings. The molecule has 0 aromatic heterocycles. The van der Waals surface area contributed by atoms with Crippen LogP contribution in [0.1, 0.15) is 11.1 Å². The Kier molecular flexibility index (Phi) is 5.52. The molecule has 1 atom stereocenters. The zero-order chi connectivity index (χ0) is 16.1. The molecular weight excluding hydrogens is 303 g/mol. The molecule has 0 heterocycles. The summed E-state index contributed by atoms with van der Waals surface area (Å²) in [4.78, 5) is 12.9. The molecule has 22 heavy (non-hydrogen) atoms. The zero-order valence-corrected chi connectivity index (χ0v) is 13.4. The van der Waals surface area contributed by atoms with Gasteiger partial charge in [0.05, 0.1) is 17.8 Å². The number of likely N-dealkylation sites (N-methyl/N-ethyl adjacent to an activating group) is 1. The minimum Gasteiger partial charge on any atom is -0.326 e. The van der Waals surface area contributed by atoms with Crippen molar-refractivity contribution in [3.8, 4) is 0 Å². The third-order valence-corrected chi connectivity index (χ3v) is 3.62. The fourth-order valence-corrected chi connectivity index (χ4v) is 2.50. The number of anilines is 1. The molecule has 0 fully saturated rings. The van der Waals surface area contributed by atoms with E-state index in [0.29, 0.717) is 22.8 Å². The summed E-state index contributed by atoms with van der Waals surface area (Å²) >= 11 is 6.09. The third-order valence-electron chi connectivity index (χ3n) is 3.31. The van der Waals surface area contributed by atoms with Crippen LogP contribution in [0, 0.1) is 12.7 Å². The van der Waals surface area contributed by atoms with Crippen LogP contribution in [-0.2, 0) is 11.3 Å². The predicted octanol–water partition coefficient (Wildman–Crippen LogP) is 2.44. The average molecular weight is 322 g/mol. The molecule has 2 aromatic carbocycles. The first kappa shape index (κ1) is 16.5. The highest BCUT2D eigenvalue weighted by molar-refractivity contribution is 6.33. The van der Waals surface area contributed by atoms with Gasteiger partial charge in [-0.3, -0.25) is 4.79 Å². The minimum atomic E-state index is -0.246. The van der Waals surface area contributed by atoms with Gasteiger partial charge in [-0.05, 0) is 30.7 Å². The summed E-state index contributed by atoms with van der Waals surface area (Å²) in [5.41, 5.74) is 2.22. The van der Waals surface area contributed by atoms with E-state index in [2.05, 4.69) is 5.32 Å². The van der Waals surface area contributed by atoms with Gasteiger partial charge < -0.3 is 10.2 Å². The first-order valence-electron chi connectivity index (χ1n) is 7.06. The monoisotopic (exact) mass is 321 g/mol. The van der Waals surface area contributed by atoms with Gasteiger partial charge in [-0.15, -0.1) is 0 Å². The van der Waals surface area contributed by atoms with Crippen LogP contribution >= 0.6 is 11.6 Å². The molecule has 2 N–H and O–H groups in total. The Balaban J connectivity index is 1.93. The zero-order valence-electron chi connectivity index (χ0n) is 12.6. The van der Waals surface area contributed by atoms with E-state index in [9.17, 15) is 9.18 Å². The Hall–Kier alpha value is -1.91. The van der Waals surface area contributed by atoms with Gasteiger partial charge in [-0.25, -0.2) is 4.39 Å². The second-order valence-electron chi connectivity index (χ2n) is 5.43. The molecule has 116 valence electrons. The summed E-state index contributed by atoms with van der Waals surface area (Å²) in [6, 6.07) is 12.1. The van der Waals surface area contributed by atoms with Crippen molar-refractivity contribution >= 4 is 23.2 Å². The maximum atomic E-state index is 13.6. The van der Waals surface area contributed by atoms with Crippen molar-refractivity contribution in [2.75, 3.05) is 18.9 Å². The number of nitrogens with one attached hydrogen (secondary N) is 2. The fourth-order valence-electron chi connectivity index (χ4n) is 2.22. The molecule has 2 aromatic rings. The average Bonchev–Trinajstić information content (AvgIpc) is 2.44. The number of benzene rings is 2. The molecule has 2 rings (SSSR count). The Morgan fingerprint density at radius 1 is 1.27 bits per heavy atom. The van der Waals surface area contributed by atoms with Crippen molar-refractivity contribution < 1.29 is 14.1 Å². The van der Waals surface area contributed by atoms with Crippen molar-refractivity contribution in [2.45, 2.75) is 13.5 Å². The summed E-state index contributed by atoms with van der Waals surface area (Å²) in [5.74, 6) is -0.400. The minimum absolute atomic E-state index is 0.153. The summed E-state index contributed by atoms with van der Waals surface area (Å²) in [5, 5.41) is 3.30. The molecule has 1 amide bonds. The number of hydrogen-bond acceptors (Lipinski definition) is 1. The highest BCUT2D eigenvalue weighted by atomic mass is 35.5. The molecule has 5 heteroatoms. The lowest BCUT2D eigenvalue weighted by molar-refractivity contribution is -0.885. The van der Waals surface area contributed by atoms with Gasteiger partial charge in [-0.2, -0.15) is 0 Å². The van der Waals surface area contributed by atoms with Gasteiger partial charge in [0.15, 0.2) is 6.54 Å². The van der Waals surface area contributed by atoms with Gasteiger partial charge >= 0.3 is 0 Å². The number of aryl methyl sites for hydroxylation is 1. The van der Waals surface area contributed by atoms with Crippen molar-refractivity contribution in [3.05, 3.63) is 64.4 Å². The van der Waals surface area contributed by atoms with E-state index in [1.54, 1.807) is 30.3 Å². The van der Waals surface area contributed by atoms with Gasteiger partial charge in [0.1, 0.15) is 12.4 Å². The fraction of sp³-hybridized carbons (Fsp3) is 0.235. The predicted molar refractivity (Wildman–Crippen MR) is 86.7 cm³/mol. The molecular formula is C17H19ClFN2O+. The largest absolute Gasteiger partial charge is 0.326 e. The molecule has 0 saturated heterocycles. The lowest BCUT2D eigenvalue weighted by Crippen LogP contribution is -3.08.